The SMILES string of the molecule is COc1cccc(OC)c1C(=O)OCC(=O)Nc1ccccc1SCC(N)=O. The fourth-order valence-corrected chi connectivity index (χ4v) is 3.03. The number of carbonyl (C=O) groups excluding carboxylic acids is 3. The van der Waals surface area contributed by atoms with Crippen LogP contribution in [0.4, 0.5) is 5.69 Å². The van der Waals surface area contributed by atoms with Crippen molar-refractivity contribution < 1.29 is 28.6 Å². The first-order valence-electron chi connectivity index (χ1n) is 8.14. The van der Waals surface area contributed by atoms with Crippen LogP contribution >= 0.6 is 11.8 Å². The van der Waals surface area contributed by atoms with E-state index >= 15 is 0 Å². The van der Waals surface area contributed by atoms with Gasteiger partial charge in [0, 0.05) is 4.90 Å². The number of amides is 2. The topological polar surface area (TPSA) is 117 Å². The lowest BCUT2D eigenvalue weighted by Crippen LogP contribution is -2.22. The molecule has 0 heterocycles. The monoisotopic (exact) mass is 404 g/mol. The van der Waals surface area contributed by atoms with Crippen molar-refractivity contribution in [3.63, 3.8) is 0 Å². The zero-order valence-electron chi connectivity index (χ0n) is 15.4. The van der Waals surface area contributed by atoms with E-state index in [1.807, 2.05) is 0 Å². The molecule has 2 aromatic rings. The lowest BCUT2D eigenvalue weighted by molar-refractivity contribution is -0.119. The van der Waals surface area contributed by atoms with Gasteiger partial charge >= 0.3 is 5.97 Å². The van der Waals surface area contributed by atoms with E-state index in [1.54, 1.807) is 42.5 Å². The molecule has 0 aliphatic carbocycles. The minimum absolute atomic E-state index is 0.0788. The zero-order chi connectivity index (χ0) is 20.5. The highest BCUT2D eigenvalue weighted by molar-refractivity contribution is 8.00. The largest absolute Gasteiger partial charge is 0.496 e. The molecule has 0 atom stereocenters. The highest BCUT2D eigenvalue weighted by Gasteiger charge is 2.20. The van der Waals surface area contributed by atoms with Gasteiger partial charge in [-0.2, -0.15) is 0 Å². The van der Waals surface area contributed by atoms with Gasteiger partial charge in [0.15, 0.2) is 6.61 Å². The van der Waals surface area contributed by atoms with E-state index in [0.717, 1.165) is 0 Å². The Labute approximate surface area is 166 Å². The smallest absolute Gasteiger partial charge is 0.346 e. The highest BCUT2D eigenvalue weighted by atomic mass is 32.2. The lowest BCUT2D eigenvalue weighted by atomic mass is 10.2. The summed E-state index contributed by atoms with van der Waals surface area (Å²) in [6.45, 7) is -0.505. The summed E-state index contributed by atoms with van der Waals surface area (Å²) in [4.78, 5) is 36.2. The molecule has 28 heavy (non-hydrogen) atoms. The highest BCUT2D eigenvalue weighted by Crippen LogP contribution is 2.29. The van der Waals surface area contributed by atoms with Crippen LogP contribution in [-0.4, -0.2) is 44.4 Å². The molecule has 0 unspecified atom stereocenters. The number of rotatable bonds is 9. The lowest BCUT2D eigenvalue weighted by Gasteiger charge is -2.13. The van der Waals surface area contributed by atoms with Gasteiger partial charge in [0.1, 0.15) is 17.1 Å². The number of hydrogen-bond acceptors (Lipinski definition) is 7. The van der Waals surface area contributed by atoms with E-state index in [2.05, 4.69) is 5.32 Å². The molecule has 2 rings (SSSR count). The van der Waals surface area contributed by atoms with Crippen LogP contribution in [0.5, 0.6) is 11.5 Å². The number of anilines is 1. The van der Waals surface area contributed by atoms with Crippen LogP contribution < -0.4 is 20.5 Å². The van der Waals surface area contributed by atoms with Crippen LogP contribution in [0.1, 0.15) is 10.4 Å². The van der Waals surface area contributed by atoms with Crippen LogP contribution in [0.2, 0.25) is 0 Å². The van der Waals surface area contributed by atoms with Crippen LogP contribution in [0, 0.1) is 0 Å². The maximum absolute atomic E-state index is 12.4. The minimum Gasteiger partial charge on any atom is -0.496 e. The Morgan fingerprint density at radius 3 is 2.25 bits per heavy atom. The van der Waals surface area contributed by atoms with Gasteiger partial charge in [0.25, 0.3) is 5.91 Å². The number of ether oxygens (including phenoxy) is 3. The van der Waals surface area contributed by atoms with Gasteiger partial charge in [-0.15, -0.1) is 11.8 Å². The molecular formula is C19H20N2O6S. The van der Waals surface area contributed by atoms with E-state index in [0.29, 0.717) is 10.6 Å². The molecule has 9 heteroatoms. The third-order valence-corrected chi connectivity index (χ3v) is 4.59. The molecule has 0 aliphatic rings. The molecule has 0 fully saturated rings. The van der Waals surface area contributed by atoms with Gasteiger partial charge in [-0.25, -0.2) is 4.79 Å². The maximum atomic E-state index is 12.4. The van der Waals surface area contributed by atoms with Crippen molar-refractivity contribution in [1.82, 2.24) is 0 Å². The standard InChI is InChI=1S/C19H20N2O6S/c1-25-13-7-5-8-14(26-2)18(13)19(24)27-10-17(23)21-12-6-3-4-9-15(12)28-11-16(20)22/h3-9H,10-11H2,1-2H3,(H2,20,22)(H,21,23). The Balaban J connectivity index is 2.02. The number of esters is 1. The summed E-state index contributed by atoms with van der Waals surface area (Å²) in [6, 6.07) is 11.8. The van der Waals surface area contributed by atoms with Gasteiger partial charge < -0.3 is 25.3 Å². The molecule has 0 bridgehead atoms. The summed E-state index contributed by atoms with van der Waals surface area (Å²) in [6.07, 6.45) is 0. The van der Waals surface area contributed by atoms with Crippen molar-refractivity contribution in [2.24, 2.45) is 5.73 Å². The number of nitrogens with two attached hydrogens (primary N) is 1. The van der Waals surface area contributed by atoms with Crippen molar-refractivity contribution in [3.8, 4) is 11.5 Å². The van der Waals surface area contributed by atoms with Crippen molar-refractivity contribution >= 4 is 35.2 Å². The Bertz CT molecular complexity index is 849. The van der Waals surface area contributed by atoms with Crippen LogP contribution in [-0.2, 0) is 14.3 Å². The number of primary amides is 1. The summed E-state index contributed by atoms with van der Waals surface area (Å²) >= 11 is 1.20. The Morgan fingerprint density at radius 2 is 1.64 bits per heavy atom. The summed E-state index contributed by atoms with van der Waals surface area (Å²) in [5.74, 6) is -1.12. The quantitative estimate of drug-likeness (QED) is 0.485. The molecule has 2 amide bonds. The average molecular weight is 404 g/mol. The third-order valence-electron chi connectivity index (χ3n) is 3.50. The third kappa shape index (κ3) is 5.65. The van der Waals surface area contributed by atoms with Gasteiger partial charge in [0.2, 0.25) is 5.91 Å². The van der Waals surface area contributed by atoms with Crippen molar-refractivity contribution in [2.75, 3.05) is 31.9 Å². The fraction of sp³-hybridized carbons (Fsp3) is 0.211. The molecule has 0 saturated carbocycles. The predicted molar refractivity (Wildman–Crippen MR) is 105 cm³/mol. The Kier molecular flexibility index (Phi) is 7.70. The number of carbonyl (C=O) groups is 3. The minimum atomic E-state index is -0.749. The molecule has 0 aliphatic heterocycles. The summed E-state index contributed by atoms with van der Waals surface area (Å²) in [7, 11) is 2.83. The normalized spacial score (nSPS) is 10.1. The van der Waals surface area contributed by atoms with Crippen molar-refractivity contribution in [2.45, 2.75) is 4.90 Å². The molecule has 0 radical (unpaired) electrons. The Morgan fingerprint density at radius 1 is 1.00 bits per heavy atom. The van der Waals surface area contributed by atoms with E-state index in [4.69, 9.17) is 19.9 Å². The zero-order valence-corrected chi connectivity index (χ0v) is 16.2. The molecule has 148 valence electrons. The summed E-state index contributed by atoms with van der Waals surface area (Å²) in [5, 5.41) is 2.65. The van der Waals surface area contributed by atoms with Gasteiger partial charge in [-0.3, -0.25) is 9.59 Å². The van der Waals surface area contributed by atoms with Crippen LogP contribution in [0.25, 0.3) is 0 Å². The van der Waals surface area contributed by atoms with Crippen molar-refractivity contribution in [3.05, 3.63) is 48.0 Å². The van der Waals surface area contributed by atoms with Gasteiger partial charge in [0.05, 0.1) is 25.7 Å². The van der Waals surface area contributed by atoms with Gasteiger partial charge in [-0.05, 0) is 24.3 Å². The first kappa shape index (κ1) is 21.1. The Hall–Kier alpha value is -3.20. The maximum Gasteiger partial charge on any atom is 0.346 e. The van der Waals surface area contributed by atoms with Gasteiger partial charge in [-0.1, -0.05) is 18.2 Å². The number of nitrogens with one attached hydrogen (secondary N) is 1. The van der Waals surface area contributed by atoms with E-state index in [-0.39, 0.29) is 22.8 Å². The van der Waals surface area contributed by atoms with Crippen LogP contribution in [0.15, 0.2) is 47.4 Å². The first-order chi connectivity index (χ1) is 13.5. The number of hydrogen-bond donors (Lipinski definition) is 2. The second-order valence-corrected chi connectivity index (χ2v) is 6.43. The number of benzene rings is 2. The molecule has 8 nitrogen and oxygen atoms in total. The second-order valence-electron chi connectivity index (χ2n) is 5.41. The van der Waals surface area contributed by atoms with E-state index in [9.17, 15) is 14.4 Å². The molecule has 0 aromatic heterocycles. The number of methoxy groups -OCH3 is 2. The molecular weight excluding hydrogens is 384 g/mol. The number of thioether (sulfide) groups is 1. The number of para-hydroxylation sites is 1. The summed E-state index contributed by atoms with van der Waals surface area (Å²) < 4.78 is 15.4. The predicted octanol–water partition coefficient (Wildman–Crippen LogP) is 2.08. The molecule has 0 saturated heterocycles. The van der Waals surface area contributed by atoms with Crippen molar-refractivity contribution in [1.29, 1.82) is 0 Å². The first-order valence-corrected chi connectivity index (χ1v) is 9.13. The molecule has 0 spiro atoms. The van der Waals surface area contributed by atoms with Crippen LogP contribution in [0.3, 0.4) is 0 Å². The summed E-state index contributed by atoms with van der Waals surface area (Å²) in [5.41, 5.74) is 5.74. The molecule has 2 aromatic carbocycles. The molecule has 3 N–H and O–H groups in total. The van der Waals surface area contributed by atoms with E-state index < -0.39 is 24.4 Å². The average Bonchev–Trinajstić information content (AvgIpc) is 2.70. The fourth-order valence-electron chi connectivity index (χ4n) is 2.29. The van der Waals surface area contributed by atoms with E-state index in [1.165, 1.54) is 26.0 Å². The second kappa shape index (κ2) is 10.2.